The molecule has 0 aromatic heterocycles. The van der Waals surface area contributed by atoms with Gasteiger partial charge in [-0.15, -0.1) is 0 Å². The molecule has 1 amide bonds. The number of carbonyl (C=O) groups is 1. The molecule has 4 unspecified atom stereocenters. The molecule has 4 atom stereocenters. The summed E-state index contributed by atoms with van der Waals surface area (Å²) in [7, 11) is 0. The maximum atomic E-state index is 14.6. The monoisotopic (exact) mass is 441 g/mol. The fourth-order valence-corrected chi connectivity index (χ4v) is 4.69. The van der Waals surface area contributed by atoms with Gasteiger partial charge in [-0.3, -0.25) is 24.7 Å². The van der Waals surface area contributed by atoms with E-state index in [1.54, 1.807) is 12.3 Å². The number of nitrogens with one attached hydrogen (secondary N) is 3. The number of rotatable bonds is 3. The topological polar surface area (TPSA) is 114 Å². The normalized spacial score (nSPS) is 32.7. The van der Waals surface area contributed by atoms with Crippen molar-refractivity contribution in [2.75, 3.05) is 26.2 Å². The zero-order valence-corrected chi connectivity index (χ0v) is 17.9. The average Bonchev–Trinajstić information content (AvgIpc) is 2.81. The number of likely N-dealkylation sites (tertiary alicyclic amines) is 1. The van der Waals surface area contributed by atoms with Gasteiger partial charge >= 0.3 is 0 Å². The number of hydrogen-bond donors (Lipinski definition) is 4. The van der Waals surface area contributed by atoms with Crippen LogP contribution in [-0.4, -0.2) is 83.4 Å². The largest absolute Gasteiger partial charge is 0.364 e. The first-order valence-corrected chi connectivity index (χ1v) is 10.9. The Labute approximate surface area is 186 Å². The van der Waals surface area contributed by atoms with Gasteiger partial charge in [0.1, 0.15) is 23.6 Å². The number of hydrogen-bond acceptors (Lipinski definition) is 9. The van der Waals surface area contributed by atoms with Crippen molar-refractivity contribution in [2.45, 2.75) is 37.8 Å². The predicted molar refractivity (Wildman–Crippen MR) is 119 cm³/mol. The van der Waals surface area contributed by atoms with Gasteiger partial charge in [-0.25, -0.2) is 10.2 Å². The van der Waals surface area contributed by atoms with Crippen LogP contribution >= 0.6 is 0 Å². The van der Waals surface area contributed by atoms with E-state index in [0.29, 0.717) is 18.9 Å². The lowest BCUT2D eigenvalue weighted by Gasteiger charge is -2.46. The molecule has 11 heteroatoms. The Kier molecular flexibility index (Phi) is 5.43. The second-order valence-corrected chi connectivity index (χ2v) is 8.43. The maximum absolute atomic E-state index is 14.6. The summed E-state index contributed by atoms with van der Waals surface area (Å²) in [5.41, 5.74) is 1.16. The highest BCUT2D eigenvalue weighted by Crippen LogP contribution is 2.30. The Morgan fingerprint density at radius 2 is 2.16 bits per heavy atom. The van der Waals surface area contributed by atoms with Gasteiger partial charge in [0.25, 0.3) is 5.91 Å². The second kappa shape index (κ2) is 8.40. The summed E-state index contributed by atoms with van der Waals surface area (Å²) in [6.07, 6.45) is 10.8. The number of dihydropyridines is 1. The standard InChI is InChI=1S/C21H28FN9O/c1-13-15-11-26-21(20-24-4-2-5-25-20)27-16(15)3-6-30(13)18-10-14(22)9-17(28-18)29-7-8-31(23)19(32)12-29/h2,4-5,9-11,13,16,18,20,24,28H,3,6-8,12,23H2,1H3,(H,26,27). The number of carbonyl (C=O) groups excluding carboxylic acids is 1. The average molecular weight is 442 g/mol. The number of amidine groups is 1. The van der Waals surface area contributed by atoms with Gasteiger partial charge in [0.15, 0.2) is 6.17 Å². The Morgan fingerprint density at radius 1 is 1.28 bits per heavy atom. The van der Waals surface area contributed by atoms with E-state index < -0.39 is 0 Å². The summed E-state index contributed by atoms with van der Waals surface area (Å²) in [6, 6.07) is 0.126. The molecule has 170 valence electrons. The van der Waals surface area contributed by atoms with Gasteiger partial charge in [0, 0.05) is 43.8 Å². The molecule has 0 saturated carbocycles. The van der Waals surface area contributed by atoms with Gasteiger partial charge in [-0.2, -0.15) is 0 Å². The fourth-order valence-electron chi connectivity index (χ4n) is 4.69. The van der Waals surface area contributed by atoms with E-state index in [4.69, 9.17) is 10.8 Å². The molecular formula is C21H28FN9O. The van der Waals surface area contributed by atoms with Gasteiger partial charge < -0.3 is 20.9 Å². The maximum Gasteiger partial charge on any atom is 0.256 e. The highest BCUT2D eigenvalue weighted by atomic mass is 19.1. The molecule has 10 nitrogen and oxygen atoms in total. The molecule has 5 aliphatic heterocycles. The molecule has 5 rings (SSSR count). The Hall–Kier alpha value is -3.18. The first-order valence-electron chi connectivity index (χ1n) is 10.9. The van der Waals surface area contributed by atoms with Gasteiger partial charge in [0.05, 0.1) is 19.1 Å². The molecule has 0 bridgehead atoms. The lowest BCUT2D eigenvalue weighted by atomic mass is 9.91. The number of amides is 1. The fraction of sp³-hybridized carbons (Fsp3) is 0.476. The van der Waals surface area contributed by atoms with Crippen molar-refractivity contribution in [1.29, 1.82) is 0 Å². The molecule has 5 aliphatic rings. The number of piperidine rings is 1. The summed E-state index contributed by atoms with van der Waals surface area (Å²) in [4.78, 5) is 25.4. The van der Waals surface area contributed by atoms with Crippen LogP contribution in [-0.2, 0) is 4.79 Å². The van der Waals surface area contributed by atoms with E-state index in [0.717, 1.165) is 24.4 Å². The number of halogens is 1. The summed E-state index contributed by atoms with van der Waals surface area (Å²) < 4.78 is 14.6. The molecule has 5 heterocycles. The van der Waals surface area contributed by atoms with Crippen LogP contribution in [0.25, 0.3) is 0 Å². The molecule has 5 N–H and O–H groups in total. The van der Waals surface area contributed by atoms with E-state index in [9.17, 15) is 9.18 Å². The van der Waals surface area contributed by atoms with E-state index in [1.807, 2.05) is 23.4 Å². The first kappa shape index (κ1) is 20.7. The molecule has 2 saturated heterocycles. The van der Waals surface area contributed by atoms with Gasteiger partial charge in [0.2, 0.25) is 0 Å². The van der Waals surface area contributed by atoms with E-state index >= 15 is 0 Å². The lowest BCUT2D eigenvalue weighted by molar-refractivity contribution is -0.135. The Balaban J connectivity index is 1.27. The van der Waals surface area contributed by atoms with Crippen LogP contribution in [0, 0.1) is 0 Å². The minimum Gasteiger partial charge on any atom is -0.364 e. The number of nitrogens with zero attached hydrogens (tertiary/aromatic N) is 5. The minimum absolute atomic E-state index is 0.0534. The Bertz CT molecular complexity index is 968. The molecular weight excluding hydrogens is 413 g/mol. The van der Waals surface area contributed by atoms with Crippen molar-refractivity contribution in [3.05, 3.63) is 47.8 Å². The molecule has 2 fully saturated rings. The van der Waals surface area contributed by atoms with Crippen molar-refractivity contribution in [3.8, 4) is 0 Å². The summed E-state index contributed by atoms with van der Waals surface area (Å²) >= 11 is 0. The van der Waals surface area contributed by atoms with Crippen molar-refractivity contribution < 1.29 is 9.18 Å². The highest BCUT2D eigenvalue weighted by molar-refractivity contribution is 5.91. The van der Waals surface area contributed by atoms with Crippen LogP contribution in [0.15, 0.2) is 57.8 Å². The van der Waals surface area contributed by atoms with Crippen LogP contribution in [0.1, 0.15) is 13.3 Å². The van der Waals surface area contributed by atoms with E-state index in [-0.39, 0.29) is 42.7 Å². The Morgan fingerprint density at radius 3 is 2.94 bits per heavy atom. The van der Waals surface area contributed by atoms with Crippen LogP contribution in [0.2, 0.25) is 0 Å². The van der Waals surface area contributed by atoms with Crippen LogP contribution in [0.4, 0.5) is 4.39 Å². The van der Waals surface area contributed by atoms with Gasteiger partial charge in [-0.05, 0) is 31.1 Å². The SMILES string of the molecule is CC1C2=CNC(C3N=CC=CN3)=NC2CCN1C1C=C(F)C=C(N2CCN(N)C(=O)C2)N1. The van der Waals surface area contributed by atoms with Crippen LogP contribution in [0.3, 0.4) is 0 Å². The number of fused-ring (bicyclic) bond motifs is 1. The molecule has 0 aliphatic carbocycles. The minimum atomic E-state index is -0.321. The van der Waals surface area contributed by atoms with Crippen LogP contribution in [0.5, 0.6) is 0 Å². The third kappa shape index (κ3) is 3.89. The third-order valence-electron chi connectivity index (χ3n) is 6.48. The van der Waals surface area contributed by atoms with Crippen molar-refractivity contribution in [3.63, 3.8) is 0 Å². The van der Waals surface area contributed by atoms with Crippen molar-refractivity contribution in [2.24, 2.45) is 15.8 Å². The lowest BCUT2D eigenvalue weighted by Crippen LogP contribution is -2.59. The summed E-state index contributed by atoms with van der Waals surface area (Å²) in [5.74, 6) is 6.58. The number of aliphatic imine (C=N–C) groups is 2. The molecule has 0 spiro atoms. The number of piperazine rings is 1. The quantitative estimate of drug-likeness (QED) is 0.345. The zero-order chi connectivity index (χ0) is 22.2. The summed E-state index contributed by atoms with van der Waals surface area (Å²) in [5, 5.41) is 11.1. The number of nitrogens with two attached hydrogens (primary N) is 1. The van der Waals surface area contributed by atoms with E-state index in [2.05, 4.69) is 32.8 Å². The number of hydrazine groups is 1. The highest BCUT2D eigenvalue weighted by Gasteiger charge is 2.37. The summed E-state index contributed by atoms with van der Waals surface area (Å²) in [6.45, 7) is 3.96. The van der Waals surface area contributed by atoms with Crippen LogP contribution < -0.4 is 21.8 Å². The molecule has 32 heavy (non-hydrogen) atoms. The van der Waals surface area contributed by atoms with Crippen molar-refractivity contribution in [1.82, 2.24) is 30.8 Å². The van der Waals surface area contributed by atoms with E-state index in [1.165, 1.54) is 11.1 Å². The number of allylic oxidation sites excluding steroid dienone is 3. The molecule has 0 aromatic carbocycles. The zero-order valence-electron chi connectivity index (χ0n) is 17.9. The molecule has 0 radical (unpaired) electrons. The predicted octanol–water partition coefficient (Wildman–Crippen LogP) is -0.509. The first-order chi connectivity index (χ1) is 15.5. The van der Waals surface area contributed by atoms with Gasteiger partial charge in [-0.1, -0.05) is 0 Å². The smallest absolute Gasteiger partial charge is 0.256 e. The van der Waals surface area contributed by atoms with Crippen molar-refractivity contribution >= 4 is 18.0 Å². The third-order valence-corrected chi connectivity index (χ3v) is 6.48. The second-order valence-electron chi connectivity index (χ2n) is 8.43. The molecule has 0 aromatic rings.